The lowest BCUT2D eigenvalue weighted by Gasteiger charge is -2.31. The van der Waals surface area contributed by atoms with Crippen molar-refractivity contribution in [1.82, 2.24) is 0 Å². The highest BCUT2D eigenvalue weighted by atomic mass is 16.5. The van der Waals surface area contributed by atoms with Crippen LogP contribution in [0, 0.1) is 0 Å². The predicted octanol–water partition coefficient (Wildman–Crippen LogP) is 16.4. The first-order valence-electron chi connectivity index (χ1n) is 21.4. The molecule has 1 heterocycles. The topological polar surface area (TPSA) is 12.5 Å². The van der Waals surface area contributed by atoms with Crippen molar-refractivity contribution in [3.8, 4) is 67.1 Å². The first-order chi connectivity index (χ1) is 30.6. The van der Waals surface area contributed by atoms with E-state index in [1.54, 1.807) is 0 Å². The minimum absolute atomic E-state index is 0.322. The minimum Gasteiger partial charge on any atom is -0.456 e. The first-order valence-corrected chi connectivity index (χ1v) is 21.4. The zero-order chi connectivity index (χ0) is 41.2. The van der Waals surface area contributed by atoms with Gasteiger partial charge in [-0.25, -0.2) is 0 Å². The molecule has 1 atom stereocenters. The lowest BCUT2D eigenvalue weighted by molar-refractivity contribution is 0.487. The highest BCUT2D eigenvalue weighted by molar-refractivity contribution is 6.06. The number of hydrogen-bond acceptors (Lipinski definition) is 2. The number of hydrogen-bond donors (Lipinski definition) is 0. The molecule has 0 fully saturated rings. The standard InChI is InChI=1S/C60H41NO/c1-60(47-19-6-3-7-20-47)53-24-10-8-23-51(53)59-54(60)25-14-26-55(59)61(48-35-33-43(34-36-48)42-31-29-41(30-32-42)40-15-4-2-5-16-40)49-21-12-17-44(38-49)46-37-45-18-13-28-57-58(45)52(39-46)50-22-9-11-27-56(50)62-57/h2-39H,1H3. The SMILES string of the molecule is CC1(c2ccccc2)c2ccccc2-c2c(N(c3ccc(-c4ccc(-c5ccccc5)cc4)cc3)c3cccc(-c4cc5c6c(cccc6c4)Oc4ccccc4-5)c3)cccc21. The molecular weight excluding hydrogens is 751 g/mol. The molecule has 2 nitrogen and oxygen atoms in total. The van der Waals surface area contributed by atoms with E-state index in [-0.39, 0.29) is 5.41 Å². The Hall–Kier alpha value is -7.94. The number of fused-ring (bicyclic) bond motifs is 5. The maximum absolute atomic E-state index is 6.40. The van der Waals surface area contributed by atoms with E-state index in [0.29, 0.717) is 0 Å². The number of benzene rings is 10. The van der Waals surface area contributed by atoms with Gasteiger partial charge in [0.25, 0.3) is 0 Å². The maximum atomic E-state index is 6.40. The van der Waals surface area contributed by atoms with Crippen molar-refractivity contribution < 1.29 is 4.74 Å². The maximum Gasteiger partial charge on any atom is 0.135 e. The van der Waals surface area contributed by atoms with Gasteiger partial charge >= 0.3 is 0 Å². The zero-order valence-electron chi connectivity index (χ0n) is 34.3. The summed E-state index contributed by atoms with van der Waals surface area (Å²) in [6, 6.07) is 83.8. The third-order valence-electron chi connectivity index (χ3n) is 13.1. The normalized spacial score (nSPS) is 14.4. The van der Waals surface area contributed by atoms with Gasteiger partial charge < -0.3 is 9.64 Å². The van der Waals surface area contributed by atoms with E-state index < -0.39 is 0 Å². The van der Waals surface area contributed by atoms with Crippen molar-refractivity contribution in [3.05, 3.63) is 247 Å². The molecule has 0 spiro atoms. The van der Waals surface area contributed by atoms with E-state index in [0.717, 1.165) is 56.0 Å². The summed E-state index contributed by atoms with van der Waals surface area (Å²) in [4.78, 5) is 2.46. The van der Waals surface area contributed by atoms with Crippen LogP contribution in [0.1, 0.15) is 23.6 Å². The fraction of sp³-hybridized carbons (Fsp3) is 0.0333. The van der Waals surface area contributed by atoms with Gasteiger partial charge in [0.1, 0.15) is 11.5 Å². The van der Waals surface area contributed by atoms with Crippen LogP contribution in [0.15, 0.2) is 231 Å². The Bertz CT molecular complexity index is 3320. The van der Waals surface area contributed by atoms with Crippen LogP contribution < -0.4 is 9.64 Å². The molecule has 0 aromatic heterocycles. The number of ether oxygens (including phenoxy) is 1. The second-order valence-electron chi connectivity index (χ2n) is 16.6. The second-order valence-corrected chi connectivity index (χ2v) is 16.6. The molecule has 0 saturated heterocycles. The van der Waals surface area contributed by atoms with Crippen LogP contribution in [0.3, 0.4) is 0 Å². The Morgan fingerprint density at radius 2 is 0.952 bits per heavy atom. The quantitative estimate of drug-likeness (QED) is 0.159. The Balaban J connectivity index is 1.03. The average Bonchev–Trinajstić information content (AvgIpc) is 3.61. The molecule has 10 aromatic rings. The summed E-state index contributed by atoms with van der Waals surface area (Å²) in [6.07, 6.45) is 0. The Labute approximate surface area is 362 Å². The monoisotopic (exact) mass is 791 g/mol. The Morgan fingerprint density at radius 3 is 1.73 bits per heavy atom. The van der Waals surface area contributed by atoms with Gasteiger partial charge in [0, 0.05) is 33.3 Å². The van der Waals surface area contributed by atoms with Gasteiger partial charge in [0.05, 0.1) is 5.69 Å². The van der Waals surface area contributed by atoms with Gasteiger partial charge in [0.15, 0.2) is 0 Å². The highest BCUT2D eigenvalue weighted by Gasteiger charge is 2.42. The highest BCUT2D eigenvalue weighted by Crippen LogP contribution is 2.57. The lowest BCUT2D eigenvalue weighted by atomic mass is 9.74. The summed E-state index contributed by atoms with van der Waals surface area (Å²) in [5.41, 5.74) is 18.9. The average molecular weight is 792 g/mol. The van der Waals surface area contributed by atoms with Gasteiger partial charge in [-0.3, -0.25) is 0 Å². The van der Waals surface area contributed by atoms with Crippen LogP contribution >= 0.6 is 0 Å². The van der Waals surface area contributed by atoms with Gasteiger partial charge in [-0.05, 0) is 128 Å². The van der Waals surface area contributed by atoms with E-state index >= 15 is 0 Å². The Kier molecular flexibility index (Phi) is 8.33. The smallest absolute Gasteiger partial charge is 0.135 e. The molecule has 2 heteroatoms. The van der Waals surface area contributed by atoms with Gasteiger partial charge in [0.2, 0.25) is 0 Å². The summed E-state index contributed by atoms with van der Waals surface area (Å²) >= 11 is 0. The van der Waals surface area contributed by atoms with Crippen molar-refractivity contribution in [1.29, 1.82) is 0 Å². The number of nitrogens with zero attached hydrogens (tertiary/aromatic N) is 1. The molecule has 1 unspecified atom stereocenters. The van der Waals surface area contributed by atoms with Crippen LogP contribution in [0.25, 0.3) is 66.4 Å². The molecule has 0 saturated carbocycles. The largest absolute Gasteiger partial charge is 0.456 e. The molecule has 62 heavy (non-hydrogen) atoms. The molecule has 2 aliphatic rings. The summed E-state index contributed by atoms with van der Waals surface area (Å²) in [6.45, 7) is 2.39. The first kappa shape index (κ1) is 36.0. The molecule has 1 aliphatic carbocycles. The van der Waals surface area contributed by atoms with Crippen molar-refractivity contribution in [2.45, 2.75) is 12.3 Å². The van der Waals surface area contributed by atoms with E-state index in [1.807, 2.05) is 6.07 Å². The number of rotatable bonds is 7. The van der Waals surface area contributed by atoms with E-state index in [4.69, 9.17) is 4.74 Å². The van der Waals surface area contributed by atoms with E-state index in [9.17, 15) is 0 Å². The van der Waals surface area contributed by atoms with E-state index in [1.165, 1.54) is 55.6 Å². The minimum atomic E-state index is -0.322. The molecule has 0 N–H and O–H groups in total. The van der Waals surface area contributed by atoms with Crippen molar-refractivity contribution in [3.63, 3.8) is 0 Å². The zero-order valence-corrected chi connectivity index (χ0v) is 34.3. The molecule has 0 radical (unpaired) electrons. The molecule has 292 valence electrons. The summed E-state index contributed by atoms with van der Waals surface area (Å²) in [7, 11) is 0. The van der Waals surface area contributed by atoms with Gasteiger partial charge in [-0.2, -0.15) is 0 Å². The van der Waals surface area contributed by atoms with Gasteiger partial charge in [-0.15, -0.1) is 0 Å². The molecule has 10 aromatic carbocycles. The summed E-state index contributed by atoms with van der Waals surface area (Å²) < 4.78 is 6.40. The fourth-order valence-electron chi connectivity index (χ4n) is 10.1. The molecule has 0 amide bonds. The van der Waals surface area contributed by atoms with Gasteiger partial charge in [-0.1, -0.05) is 176 Å². The third-order valence-corrected chi connectivity index (χ3v) is 13.1. The van der Waals surface area contributed by atoms with Crippen LogP contribution in [0.4, 0.5) is 17.1 Å². The molecule has 1 aliphatic heterocycles. The number of anilines is 3. The van der Waals surface area contributed by atoms with Crippen LogP contribution in [-0.2, 0) is 5.41 Å². The lowest BCUT2D eigenvalue weighted by Crippen LogP contribution is -2.22. The number of para-hydroxylation sites is 1. The molecule has 0 bridgehead atoms. The van der Waals surface area contributed by atoms with E-state index in [2.05, 4.69) is 236 Å². The summed E-state index contributed by atoms with van der Waals surface area (Å²) in [5.74, 6) is 1.79. The van der Waals surface area contributed by atoms with Crippen molar-refractivity contribution >= 4 is 27.8 Å². The van der Waals surface area contributed by atoms with Crippen LogP contribution in [-0.4, -0.2) is 0 Å². The third kappa shape index (κ3) is 5.72. The Morgan fingerprint density at radius 1 is 0.371 bits per heavy atom. The van der Waals surface area contributed by atoms with Crippen molar-refractivity contribution in [2.24, 2.45) is 0 Å². The predicted molar refractivity (Wildman–Crippen MR) is 258 cm³/mol. The summed E-state index contributed by atoms with van der Waals surface area (Å²) in [5, 5.41) is 2.32. The second kappa shape index (κ2) is 14.4. The molecule has 12 rings (SSSR count). The fourth-order valence-corrected chi connectivity index (χ4v) is 10.1. The van der Waals surface area contributed by atoms with Crippen LogP contribution in [0.5, 0.6) is 11.5 Å². The van der Waals surface area contributed by atoms with Crippen LogP contribution in [0.2, 0.25) is 0 Å². The van der Waals surface area contributed by atoms with Crippen molar-refractivity contribution in [2.75, 3.05) is 4.90 Å². The molecular formula is C60H41NO.